The Morgan fingerprint density at radius 1 is 1.16 bits per heavy atom. The van der Waals surface area contributed by atoms with E-state index in [1.807, 2.05) is 0 Å². The van der Waals surface area contributed by atoms with Crippen LogP contribution in [-0.2, 0) is 12.8 Å². The van der Waals surface area contributed by atoms with Crippen molar-refractivity contribution >= 4 is 15.9 Å². The zero-order valence-corrected chi connectivity index (χ0v) is 12.5. The van der Waals surface area contributed by atoms with Crippen molar-refractivity contribution in [1.82, 2.24) is 0 Å². The second-order valence-corrected chi connectivity index (χ2v) is 5.50. The standard InChI is InChI=1S/C16H17BrFN/c1-2-11-3-5-12(6-4-11)16(19)10-13-9-14(18)7-8-15(13)17/h3-9,16H,2,10,19H2,1H3. The van der Waals surface area contributed by atoms with E-state index in [0.29, 0.717) is 6.42 Å². The molecule has 2 N–H and O–H groups in total. The van der Waals surface area contributed by atoms with E-state index in [1.165, 1.54) is 17.7 Å². The van der Waals surface area contributed by atoms with Crippen molar-refractivity contribution in [2.75, 3.05) is 0 Å². The van der Waals surface area contributed by atoms with Gasteiger partial charge in [-0.25, -0.2) is 4.39 Å². The summed E-state index contributed by atoms with van der Waals surface area (Å²) in [4.78, 5) is 0. The summed E-state index contributed by atoms with van der Waals surface area (Å²) in [6.45, 7) is 2.12. The lowest BCUT2D eigenvalue weighted by Gasteiger charge is -2.14. The number of hydrogen-bond acceptors (Lipinski definition) is 1. The lowest BCUT2D eigenvalue weighted by Crippen LogP contribution is -2.13. The van der Waals surface area contributed by atoms with Gasteiger partial charge in [-0.05, 0) is 47.7 Å². The molecule has 0 saturated heterocycles. The van der Waals surface area contributed by atoms with E-state index in [4.69, 9.17) is 5.73 Å². The van der Waals surface area contributed by atoms with E-state index in [2.05, 4.69) is 47.1 Å². The molecule has 0 bridgehead atoms. The number of halogens is 2. The Labute approximate surface area is 121 Å². The molecule has 19 heavy (non-hydrogen) atoms. The summed E-state index contributed by atoms with van der Waals surface area (Å²) in [5, 5.41) is 0. The number of rotatable bonds is 4. The molecule has 2 rings (SSSR count). The van der Waals surface area contributed by atoms with Crippen LogP contribution < -0.4 is 5.73 Å². The molecule has 0 aliphatic heterocycles. The van der Waals surface area contributed by atoms with Gasteiger partial charge in [0.25, 0.3) is 0 Å². The largest absolute Gasteiger partial charge is 0.324 e. The van der Waals surface area contributed by atoms with Gasteiger partial charge < -0.3 is 5.73 Å². The van der Waals surface area contributed by atoms with Gasteiger partial charge in [-0.15, -0.1) is 0 Å². The molecule has 0 aliphatic rings. The van der Waals surface area contributed by atoms with Crippen molar-refractivity contribution in [3.8, 4) is 0 Å². The Morgan fingerprint density at radius 3 is 2.47 bits per heavy atom. The quantitative estimate of drug-likeness (QED) is 0.887. The topological polar surface area (TPSA) is 26.0 Å². The molecule has 3 heteroatoms. The molecule has 0 heterocycles. The highest BCUT2D eigenvalue weighted by Crippen LogP contribution is 2.23. The fourth-order valence-electron chi connectivity index (χ4n) is 2.06. The predicted octanol–water partition coefficient (Wildman–Crippen LogP) is 4.39. The maximum absolute atomic E-state index is 13.2. The van der Waals surface area contributed by atoms with Gasteiger partial charge in [0, 0.05) is 10.5 Å². The molecule has 0 radical (unpaired) electrons. The first-order valence-corrected chi connectivity index (χ1v) is 7.17. The minimum atomic E-state index is -0.230. The van der Waals surface area contributed by atoms with Crippen molar-refractivity contribution < 1.29 is 4.39 Å². The van der Waals surface area contributed by atoms with Crippen LogP contribution in [0.2, 0.25) is 0 Å². The molecule has 0 aromatic heterocycles. The number of hydrogen-bond donors (Lipinski definition) is 1. The zero-order chi connectivity index (χ0) is 13.8. The van der Waals surface area contributed by atoms with E-state index in [9.17, 15) is 4.39 Å². The van der Waals surface area contributed by atoms with E-state index in [-0.39, 0.29) is 11.9 Å². The van der Waals surface area contributed by atoms with Gasteiger partial charge in [-0.2, -0.15) is 0 Å². The highest BCUT2D eigenvalue weighted by Gasteiger charge is 2.10. The molecule has 0 spiro atoms. The van der Waals surface area contributed by atoms with Gasteiger partial charge in [0.2, 0.25) is 0 Å². The van der Waals surface area contributed by atoms with E-state index >= 15 is 0 Å². The second kappa shape index (κ2) is 6.31. The van der Waals surface area contributed by atoms with Gasteiger partial charge in [-0.3, -0.25) is 0 Å². The number of aryl methyl sites for hydroxylation is 1. The van der Waals surface area contributed by atoms with Gasteiger partial charge in [0.05, 0.1) is 0 Å². The number of nitrogens with two attached hydrogens (primary N) is 1. The van der Waals surface area contributed by atoms with Gasteiger partial charge in [0.15, 0.2) is 0 Å². The van der Waals surface area contributed by atoms with Crippen molar-refractivity contribution in [1.29, 1.82) is 0 Å². The van der Waals surface area contributed by atoms with Crippen molar-refractivity contribution in [2.24, 2.45) is 5.73 Å². The van der Waals surface area contributed by atoms with Crippen LogP contribution in [0.25, 0.3) is 0 Å². The lowest BCUT2D eigenvalue weighted by molar-refractivity contribution is 0.621. The zero-order valence-electron chi connectivity index (χ0n) is 10.9. The van der Waals surface area contributed by atoms with Gasteiger partial charge in [0.1, 0.15) is 5.82 Å². The molecular formula is C16H17BrFN. The molecule has 1 nitrogen and oxygen atoms in total. The molecule has 0 saturated carbocycles. The first-order valence-electron chi connectivity index (χ1n) is 6.38. The monoisotopic (exact) mass is 321 g/mol. The van der Waals surface area contributed by atoms with Crippen LogP contribution in [0.4, 0.5) is 4.39 Å². The van der Waals surface area contributed by atoms with Crippen LogP contribution in [0.5, 0.6) is 0 Å². The van der Waals surface area contributed by atoms with E-state index in [1.54, 1.807) is 6.07 Å². The summed E-state index contributed by atoms with van der Waals surface area (Å²) in [6.07, 6.45) is 1.63. The van der Waals surface area contributed by atoms with Crippen LogP contribution in [0.15, 0.2) is 46.9 Å². The molecule has 0 fully saturated rings. The van der Waals surface area contributed by atoms with Crippen molar-refractivity contribution in [3.63, 3.8) is 0 Å². The van der Waals surface area contributed by atoms with Crippen LogP contribution >= 0.6 is 15.9 Å². The van der Waals surface area contributed by atoms with Crippen LogP contribution in [-0.4, -0.2) is 0 Å². The average Bonchev–Trinajstić information content (AvgIpc) is 2.43. The molecule has 0 aliphatic carbocycles. The molecule has 1 atom stereocenters. The fourth-order valence-corrected chi connectivity index (χ4v) is 2.46. The number of benzene rings is 2. The average molecular weight is 322 g/mol. The molecule has 1 unspecified atom stereocenters. The normalized spacial score (nSPS) is 12.4. The first-order chi connectivity index (χ1) is 9.10. The molecule has 100 valence electrons. The minimum Gasteiger partial charge on any atom is -0.324 e. The third kappa shape index (κ3) is 3.64. The first kappa shape index (κ1) is 14.2. The second-order valence-electron chi connectivity index (χ2n) is 4.64. The molecule has 0 amide bonds. The summed E-state index contributed by atoms with van der Waals surface area (Å²) in [6, 6.07) is 12.9. The lowest BCUT2D eigenvalue weighted by atomic mass is 9.98. The van der Waals surface area contributed by atoms with E-state index < -0.39 is 0 Å². The fraction of sp³-hybridized carbons (Fsp3) is 0.250. The molecular weight excluding hydrogens is 305 g/mol. The van der Waals surface area contributed by atoms with Gasteiger partial charge in [-0.1, -0.05) is 47.1 Å². The summed E-state index contributed by atoms with van der Waals surface area (Å²) >= 11 is 3.43. The third-order valence-electron chi connectivity index (χ3n) is 3.26. The van der Waals surface area contributed by atoms with Crippen LogP contribution in [0.1, 0.15) is 29.7 Å². The Morgan fingerprint density at radius 2 is 1.84 bits per heavy atom. The maximum Gasteiger partial charge on any atom is 0.123 e. The minimum absolute atomic E-state index is 0.121. The smallest absolute Gasteiger partial charge is 0.123 e. The van der Waals surface area contributed by atoms with Crippen LogP contribution in [0.3, 0.4) is 0 Å². The van der Waals surface area contributed by atoms with Gasteiger partial charge >= 0.3 is 0 Å². The summed E-state index contributed by atoms with van der Waals surface area (Å²) in [5.74, 6) is -0.230. The Bertz CT molecular complexity index is 551. The summed E-state index contributed by atoms with van der Waals surface area (Å²) in [7, 11) is 0. The van der Waals surface area contributed by atoms with Crippen molar-refractivity contribution in [2.45, 2.75) is 25.8 Å². The Hall–Kier alpha value is -1.19. The Balaban J connectivity index is 2.15. The highest BCUT2D eigenvalue weighted by atomic mass is 79.9. The predicted molar refractivity (Wildman–Crippen MR) is 80.6 cm³/mol. The van der Waals surface area contributed by atoms with Crippen LogP contribution in [0, 0.1) is 5.82 Å². The SMILES string of the molecule is CCc1ccc(C(N)Cc2cc(F)ccc2Br)cc1. The highest BCUT2D eigenvalue weighted by molar-refractivity contribution is 9.10. The maximum atomic E-state index is 13.2. The molecule has 2 aromatic rings. The van der Waals surface area contributed by atoms with Crippen molar-refractivity contribution in [3.05, 3.63) is 69.4 Å². The molecule has 2 aromatic carbocycles. The third-order valence-corrected chi connectivity index (χ3v) is 4.04. The van der Waals surface area contributed by atoms with E-state index in [0.717, 1.165) is 22.0 Å². The Kier molecular flexibility index (Phi) is 4.72. The summed E-state index contributed by atoms with van der Waals surface area (Å²) < 4.78 is 14.1. The summed E-state index contributed by atoms with van der Waals surface area (Å²) in [5.41, 5.74) is 9.46.